The molecule has 1 aliphatic rings. The molecule has 0 radical (unpaired) electrons. The third kappa shape index (κ3) is 2.82. The molecule has 2 rings (SSSR count). The smallest absolute Gasteiger partial charge is 0.142 e. The highest BCUT2D eigenvalue weighted by Gasteiger charge is 2.43. The minimum Gasteiger partial charge on any atom is -0.197 e. The highest BCUT2D eigenvalue weighted by Crippen LogP contribution is 2.47. The second kappa shape index (κ2) is 6.79. The third-order valence-corrected chi connectivity index (χ3v) is 4.90. The van der Waals surface area contributed by atoms with Gasteiger partial charge in [-0.1, -0.05) is 29.8 Å². The summed E-state index contributed by atoms with van der Waals surface area (Å²) in [4.78, 5) is 0. The van der Waals surface area contributed by atoms with Crippen molar-refractivity contribution in [1.29, 1.82) is 10.5 Å². The van der Waals surface area contributed by atoms with Gasteiger partial charge in [0.25, 0.3) is 0 Å². The van der Waals surface area contributed by atoms with Crippen LogP contribution in [0.4, 0.5) is 0 Å². The monoisotopic (exact) mass is 298 g/mol. The summed E-state index contributed by atoms with van der Waals surface area (Å²) >= 11 is 6.34. The summed E-state index contributed by atoms with van der Waals surface area (Å²) in [5, 5.41) is 19.7. The molecule has 0 aromatic heterocycles. The lowest BCUT2D eigenvalue weighted by molar-refractivity contribution is 0.289. The van der Waals surface area contributed by atoms with Gasteiger partial charge in [-0.2, -0.15) is 10.5 Å². The van der Waals surface area contributed by atoms with Gasteiger partial charge in [-0.25, -0.2) is 0 Å². The topological polar surface area (TPSA) is 47.6 Å². The van der Waals surface area contributed by atoms with Gasteiger partial charge < -0.3 is 0 Å². The number of fused-ring (bicyclic) bond motifs is 1. The molecular formula is C18H19ClN2. The van der Waals surface area contributed by atoms with Crippen LogP contribution in [0.3, 0.4) is 0 Å². The molecule has 1 atom stereocenters. The minimum atomic E-state index is -0.625. The van der Waals surface area contributed by atoms with Crippen LogP contribution in [0, 0.1) is 28.6 Å². The average Bonchev–Trinajstić information content (AvgIpc) is 2.50. The van der Waals surface area contributed by atoms with E-state index in [2.05, 4.69) is 24.8 Å². The van der Waals surface area contributed by atoms with Crippen LogP contribution in [0.25, 0.3) is 0 Å². The van der Waals surface area contributed by atoms with Gasteiger partial charge in [-0.3, -0.25) is 0 Å². The van der Waals surface area contributed by atoms with E-state index in [1.807, 2.05) is 18.2 Å². The molecule has 1 aromatic carbocycles. The van der Waals surface area contributed by atoms with Crippen LogP contribution < -0.4 is 0 Å². The number of nitrogens with zero attached hydrogens (tertiary/aromatic N) is 2. The van der Waals surface area contributed by atoms with Crippen LogP contribution in [-0.4, -0.2) is 0 Å². The largest absolute Gasteiger partial charge is 0.197 e. The standard InChI is InChI=1S/C18H19ClN2/c1-2-3-4-10-18(14(12-20)13-21)11-6-7-15-16(18)8-5-9-17(15)19/h2,5,8-9,14H,1,3-4,6-7,10-11H2. The SMILES string of the molecule is C=CCCCC1(C(C#N)C#N)CCCc2c(Cl)cccc21. The Morgan fingerprint density at radius 3 is 2.81 bits per heavy atom. The maximum absolute atomic E-state index is 9.47. The van der Waals surface area contributed by atoms with Crippen molar-refractivity contribution < 1.29 is 0 Å². The number of hydrogen-bond acceptors (Lipinski definition) is 2. The fraction of sp³-hybridized carbons (Fsp3) is 0.444. The first-order valence-electron chi connectivity index (χ1n) is 7.37. The number of rotatable bonds is 5. The Kier molecular flexibility index (Phi) is 5.05. The van der Waals surface area contributed by atoms with E-state index < -0.39 is 5.92 Å². The molecule has 1 aliphatic carbocycles. The van der Waals surface area contributed by atoms with Gasteiger partial charge in [0.15, 0.2) is 0 Å². The molecule has 3 heteroatoms. The molecule has 21 heavy (non-hydrogen) atoms. The number of nitriles is 2. The Morgan fingerprint density at radius 1 is 1.38 bits per heavy atom. The van der Waals surface area contributed by atoms with Gasteiger partial charge in [-0.05, 0) is 55.7 Å². The van der Waals surface area contributed by atoms with Gasteiger partial charge >= 0.3 is 0 Å². The van der Waals surface area contributed by atoms with Crippen molar-refractivity contribution in [2.45, 2.75) is 43.9 Å². The number of hydrogen-bond donors (Lipinski definition) is 0. The number of halogens is 1. The highest BCUT2D eigenvalue weighted by molar-refractivity contribution is 6.31. The fourth-order valence-corrected chi connectivity index (χ4v) is 3.81. The molecule has 0 saturated carbocycles. The summed E-state index contributed by atoms with van der Waals surface area (Å²) in [6.07, 6.45) is 7.35. The van der Waals surface area contributed by atoms with Gasteiger partial charge in [0.1, 0.15) is 5.92 Å². The van der Waals surface area contributed by atoms with Crippen molar-refractivity contribution in [1.82, 2.24) is 0 Å². The minimum absolute atomic E-state index is 0.384. The molecule has 0 heterocycles. The summed E-state index contributed by atoms with van der Waals surface area (Å²) in [6.45, 7) is 3.76. The predicted molar refractivity (Wildman–Crippen MR) is 84.8 cm³/mol. The number of allylic oxidation sites excluding steroid dienone is 1. The molecule has 108 valence electrons. The molecule has 0 aliphatic heterocycles. The van der Waals surface area contributed by atoms with Crippen molar-refractivity contribution in [3.05, 3.63) is 47.0 Å². The van der Waals surface area contributed by atoms with E-state index in [4.69, 9.17) is 11.6 Å². The Labute approximate surface area is 131 Å². The molecule has 0 amide bonds. The van der Waals surface area contributed by atoms with Crippen molar-refractivity contribution in [3.8, 4) is 12.1 Å². The Morgan fingerprint density at radius 2 is 2.14 bits per heavy atom. The van der Waals surface area contributed by atoms with Crippen molar-refractivity contribution in [3.63, 3.8) is 0 Å². The lowest BCUT2D eigenvalue weighted by atomic mass is 9.61. The Hall–Kier alpha value is -1.77. The summed E-state index contributed by atoms with van der Waals surface area (Å²) in [7, 11) is 0. The normalized spacial score (nSPS) is 20.4. The first-order chi connectivity index (χ1) is 10.2. The van der Waals surface area contributed by atoms with E-state index >= 15 is 0 Å². The first kappa shape index (κ1) is 15.6. The van der Waals surface area contributed by atoms with Crippen LogP contribution in [0.1, 0.15) is 43.2 Å². The molecule has 0 fully saturated rings. The van der Waals surface area contributed by atoms with Gasteiger partial charge in [0, 0.05) is 10.4 Å². The second-order valence-corrected chi connectivity index (χ2v) is 6.05. The van der Waals surface area contributed by atoms with E-state index in [1.165, 1.54) is 0 Å². The molecule has 1 aromatic rings. The summed E-state index contributed by atoms with van der Waals surface area (Å²) < 4.78 is 0. The summed E-state index contributed by atoms with van der Waals surface area (Å²) in [6, 6.07) is 10.3. The second-order valence-electron chi connectivity index (χ2n) is 5.65. The quantitative estimate of drug-likeness (QED) is 0.571. The number of benzene rings is 1. The Bertz CT molecular complexity index is 595. The maximum Gasteiger partial charge on any atom is 0.142 e. The zero-order chi connectivity index (χ0) is 15.3. The third-order valence-electron chi connectivity index (χ3n) is 4.55. The van der Waals surface area contributed by atoms with Crippen LogP contribution in [0.2, 0.25) is 5.02 Å². The van der Waals surface area contributed by atoms with E-state index in [1.54, 1.807) is 0 Å². The molecule has 0 bridgehead atoms. The molecule has 0 saturated heterocycles. The lowest BCUT2D eigenvalue weighted by Gasteiger charge is -2.40. The average molecular weight is 299 g/mol. The zero-order valence-corrected chi connectivity index (χ0v) is 12.9. The highest BCUT2D eigenvalue weighted by atomic mass is 35.5. The maximum atomic E-state index is 9.47. The van der Waals surface area contributed by atoms with Gasteiger partial charge in [-0.15, -0.1) is 6.58 Å². The van der Waals surface area contributed by atoms with E-state index in [9.17, 15) is 10.5 Å². The van der Waals surface area contributed by atoms with Crippen molar-refractivity contribution in [2.24, 2.45) is 5.92 Å². The van der Waals surface area contributed by atoms with Gasteiger partial charge in [0.05, 0.1) is 12.1 Å². The first-order valence-corrected chi connectivity index (χ1v) is 7.75. The molecule has 2 nitrogen and oxygen atoms in total. The van der Waals surface area contributed by atoms with Crippen molar-refractivity contribution in [2.75, 3.05) is 0 Å². The summed E-state index contributed by atoms with van der Waals surface area (Å²) in [5.74, 6) is -0.625. The van der Waals surface area contributed by atoms with E-state index in [0.29, 0.717) is 0 Å². The van der Waals surface area contributed by atoms with Crippen LogP contribution >= 0.6 is 11.6 Å². The van der Waals surface area contributed by atoms with E-state index in [-0.39, 0.29) is 5.41 Å². The fourth-order valence-electron chi connectivity index (χ4n) is 3.54. The van der Waals surface area contributed by atoms with Crippen molar-refractivity contribution >= 4 is 11.6 Å². The lowest BCUT2D eigenvalue weighted by Crippen LogP contribution is -2.37. The molecule has 0 N–H and O–H groups in total. The molecular weight excluding hydrogens is 280 g/mol. The molecule has 1 unspecified atom stereocenters. The molecule has 0 spiro atoms. The van der Waals surface area contributed by atoms with E-state index in [0.717, 1.165) is 54.7 Å². The Balaban J connectivity index is 2.52. The zero-order valence-electron chi connectivity index (χ0n) is 12.1. The van der Waals surface area contributed by atoms with Crippen LogP contribution in [0.15, 0.2) is 30.9 Å². The predicted octanol–water partition coefficient (Wildman–Crippen LogP) is 4.93. The summed E-state index contributed by atoms with van der Waals surface area (Å²) in [5.41, 5.74) is 1.85. The number of unbranched alkanes of at least 4 members (excludes halogenated alkanes) is 1. The van der Waals surface area contributed by atoms with Crippen LogP contribution in [-0.2, 0) is 11.8 Å². The van der Waals surface area contributed by atoms with Gasteiger partial charge in [0.2, 0.25) is 0 Å². The van der Waals surface area contributed by atoms with Crippen LogP contribution in [0.5, 0.6) is 0 Å².